The van der Waals surface area contributed by atoms with Crippen molar-refractivity contribution < 1.29 is 9.53 Å². The zero-order valence-corrected chi connectivity index (χ0v) is 9.88. The van der Waals surface area contributed by atoms with Gasteiger partial charge in [-0.15, -0.1) is 0 Å². The lowest BCUT2D eigenvalue weighted by Crippen LogP contribution is -1.98. The number of esters is 1. The van der Waals surface area contributed by atoms with E-state index in [2.05, 4.69) is 4.98 Å². The smallest absolute Gasteiger partial charge is 0.330 e. The molecule has 0 radical (unpaired) electrons. The number of hydrogen-bond donors (Lipinski definition) is 0. The Balaban J connectivity index is 2.33. The van der Waals surface area contributed by atoms with Crippen LogP contribution in [0.5, 0.6) is 0 Å². The van der Waals surface area contributed by atoms with Crippen LogP contribution < -0.4 is 0 Å². The predicted octanol–water partition coefficient (Wildman–Crippen LogP) is 2.15. The molecule has 0 aliphatic carbocycles. The molecule has 2 aromatic rings. The van der Waals surface area contributed by atoms with Gasteiger partial charge < -0.3 is 9.30 Å². The van der Waals surface area contributed by atoms with Gasteiger partial charge in [0, 0.05) is 18.7 Å². The highest BCUT2D eigenvalue weighted by Crippen LogP contribution is 2.17. The summed E-state index contributed by atoms with van der Waals surface area (Å²) in [5.74, 6) is -0.333. The van der Waals surface area contributed by atoms with E-state index < -0.39 is 0 Å². The first kappa shape index (κ1) is 11.4. The van der Waals surface area contributed by atoms with Crippen molar-refractivity contribution in [1.82, 2.24) is 9.55 Å². The number of carbonyl (C=O) groups is 1. The van der Waals surface area contributed by atoms with Crippen molar-refractivity contribution >= 4 is 23.1 Å². The molecule has 0 spiro atoms. The third kappa shape index (κ3) is 2.36. The van der Waals surface area contributed by atoms with Crippen molar-refractivity contribution in [1.29, 1.82) is 0 Å². The standard InChI is InChI=1S/C13H14N2O2/c1-3-17-12(16)8-7-10-5-4-6-11-13(10)14-9-15(11)2/h4-9H,3H2,1-2H3/b8-7+. The van der Waals surface area contributed by atoms with E-state index in [0.29, 0.717) is 6.61 Å². The minimum Gasteiger partial charge on any atom is -0.463 e. The van der Waals surface area contributed by atoms with Crippen molar-refractivity contribution in [3.05, 3.63) is 36.2 Å². The predicted molar refractivity (Wildman–Crippen MR) is 66.4 cm³/mol. The van der Waals surface area contributed by atoms with Gasteiger partial charge in [0.15, 0.2) is 0 Å². The molecule has 88 valence electrons. The summed E-state index contributed by atoms with van der Waals surface area (Å²) >= 11 is 0. The Hall–Kier alpha value is -2.10. The van der Waals surface area contributed by atoms with Gasteiger partial charge in [0.1, 0.15) is 0 Å². The van der Waals surface area contributed by atoms with Crippen LogP contribution in [0.25, 0.3) is 17.1 Å². The summed E-state index contributed by atoms with van der Waals surface area (Å²) in [6, 6.07) is 5.85. The summed E-state index contributed by atoms with van der Waals surface area (Å²) in [5, 5.41) is 0. The molecule has 2 rings (SSSR count). The van der Waals surface area contributed by atoms with Gasteiger partial charge in [-0.2, -0.15) is 0 Å². The molecule has 0 unspecified atom stereocenters. The fourth-order valence-electron chi connectivity index (χ4n) is 1.66. The highest BCUT2D eigenvalue weighted by atomic mass is 16.5. The number of nitrogens with zero attached hydrogens (tertiary/aromatic N) is 2. The Kier molecular flexibility index (Phi) is 3.23. The quantitative estimate of drug-likeness (QED) is 0.599. The molecule has 1 aromatic carbocycles. The monoisotopic (exact) mass is 230 g/mol. The van der Waals surface area contributed by atoms with E-state index in [1.54, 1.807) is 19.3 Å². The number of carbonyl (C=O) groups excluding carboxylic acids is 1. The van der Waals surface area contributed by atoms with E-state index in [-0.39, 0.29) is 5.97 Å². The molecular formula is C13H14N2O2. The first-order chi connectivity index (χ1) is 8.22. The zero-order chi connectivity index (χ0) is 12.3. The van der Waals surface area contributed by atoms with E-state index in [1.807, 2.05) is 29.8 Å². The Morgan fingerprint density at radius 1 is 1.53 bits per heavy atom. The maximum atomic E-state index is 11.2. The van der Waals surface area contributed by atoms with Crippen LogP contribution in [-0.2, 0) is 16.6 Å². The van der Waals surface area contributed by atoms with Crippen LogP contribution in [-0.4, -0.2) is 22.1 Å². The summed E-state index contributed by atoms with van der Waals surface area (Å²) in [4.78, 5) is 15.5. The van der Waals surface area contributed by atoms with Gasteiger partial charge in [-0.1, -0.05) is 12.1 Å². The van der Waals surface area contributed by atoms with Gasteiger partial charge >= 0.3 is 5.97 Å². The average Bonchev–Trinajstić information content (AvgIpc) is 2.70. The minimum atomic E-state index is -0.333. The number of fused-ring (bicyclic) bond motifs is 1. The molecule has 0 saturated heterocycles. The van der Waals surface area contributed by atoms with Crippen molar-refractivity contribution in [2.45, 2.75) is 6.92 Å². The molecule has 0 N–H and O–H groups in total. The largest absolute Gasteiger partial charge is 0.463 e. The third-order valence-electron chi connectivity index (χ3n) is 2.47. The Morgan fingerprint density at radius 2 is 2.35 bits per heavy atom. The molecule has 0 aliphatic rings. The SMILES string of the molecule is CCOC(=O)/C=C/c1cccc2c1ncn2C. The Labute approximate surface area is 99.5 Å². The molecule has 0 atom stereocenters. The van der Waals surface area contributed by atoms with Crippen LogP contribution in [0.1, 0.15) is 12.5 Å². The Morgan fingerprint density at radius 3 is 3.12 bits per heavy atom. The number of benzene rings is 1. The van der Waals surface area contributed by atoms with Crippen molar-refractivity contribution in [2.24, 2.45) is 7.05 Å². The van der Waals surface area contributed by atoms with Crippen LogP contribution in [0.2, 0.25) is 0 Å². The first-order valence-electron chi connectivity index (χ1n) is 5.47. The summed E-state index contributed by atoms with van der Waals surface area (Å²) in [6.45, 7) is 2.17. The molecule has 0 amide bonds. The average molecular weight is 230 g/mol. The van der Waals surface area contributed by atoms with Gasteiger partial charge in [-0.3, -0.25) is 0 Å². The zero-order valence-electron chi connectivity index (χ0n) is 9.88. The lowest BCUT2D eigenvalue weighted by molar-refractivity contribution is -0.137. The topological polar surface area (TPSA) is 44.1 Å². The number of rotatable bonds is 3. The molecule has 0 aliphatic heterocycles. The molecule has 0 bridgehead atoms. The van der Waals surface area contributed by atoms with E-state index >= 15 is 0 Å². The van der Waals surface area contributed by atoms with Crippen molar-refractivity contribution in [3.63, 3.8) is 0 Å². The number of aromatic nitrogens is 2. The lowest BCUT2D eigenvalue weighted by Gasteiger charge is -1.98. The third-order valence-corrected chi connectivity index (χ3v) is 2.47. The molecule has 1 heterocycles. The fraction of sp³-hybridized carbons (Fsp3) is 0.231. The normalized spacial score (nSPS) is 11.2. The number of imidazole rings is 1. The molecule has 0 fully saturated rings. The molecule has 0 saturated carbocycles. The van der Waals surface area contributed by atoms with Crippen molar-refractivity contribution in [3.8, 4) is 0 Å². The van der Waals surface area contributed by atoms with Gasteiger partial charge in [0.05, 0.1) is 24.0 Å². The number of aryl methyl sites for hydroxylation is 1. The summed E-state index contributed by atoms with van der Waals surface area (Å²) in [7, 11) is 1.94. The van der Waals surface area contributed by atoms with Gasteiger partial charge in [0.25, 0.3) is 0 Å². The first-order valence-corrected chi connectivity index (χ1v) is 5.47. The maximum Gasteiger partial charge on any atom is 0.330 e. The van der Waals surface area contributed by atoms with E-state index in [4.69, 9.17) is 4.74 Å². The Bertz CT molecular complexity index is 570. The van der Waals surface area contributed by atoms with Crippen LogP contribution in [0.3, 0.4) is 0 Å². The summed E-state index contributed by atoms with van der Waals surface area (Å²) < 4.78 is 6.77. The van der Waals surface area contributed by atoms with E-state index in [0.717, 1.165) is 16.6 Å². The van der Waals surface area contributed by atoms with E-state index in [1.165, 1.54) is 6.08 Å². The van der Waals surface area contributed by atoms with Crippen LogP contribution in [0, 0.1) is 0 Å². The molecule has 4 heteroatoms. The minimum absolute atomic E-state index is 0.333. The van der Waals surface area contributed by atoms with Crippen LogP contribution >= 0.6 is 0 Å². The number of ether oxygens (including phenoxy) is 1. The molecule has 4 nitrogen and oxygen atoms in total. The number of para-hydroxylation sites is 1. The van der Waals surface area contributed by atoms with Crippen LogP contribution in [0.4, 0.5) is 0 Å². The second-order valence-corrected chi connectivity index (χ2v) is 3.66. The van der Waals surface area contributed by atoms with Gasteiger partial charge in [-0.25, -0.2) is 9.78 Å². The number of hydrogen-bond acceptors (Lipinski definition) is 3. The van der Waals surface area contributed by atoms with Crippen molar-refractivity contribution in [2.75, 3.05) is 6.61 Å². The van der Waals surface area contributed by atoms with Gasteiger partial charge in [-0.05, 0) is 19.1 Å². The summed E-state index contributed by atoms with van der Waals surface area (Å²) in [5.41, 5.74) is 2.84. The fourth-order valence-corrected chi connectivity index (χ4v) is 1.66. The second-order valence-electron chi connectivity index (χ2n) is 3.66. The lowest BCUT2D eigenvalue weighted by atomic mass is 10.1. The summed E-state index contributed by atoms with van der Waals surface area (Å²) in [6.07, 6.45) is 4.91. The van der Waals surface area contributed by atoms with Crippen LogP contribution in [0.15, 0.2) is 30.6 Å². The second kappa shape index (κ2) is 4.82. The maximum absolute atomic E-state index is 11.2. The molecular weight excluding hydrogens is 216 g/mol. The molecule has 17 heavy (non-hydrogen) atoms. The highest BCUT2D eigenvalue weighted by molar-refractivity contribution is 5.92. The van der Waals surface area contributed by atoms with E-state index in [9.17, 15) is 4.79 Å². The highest BCUT2D eigenvalue weighted by Gasteiger charge is 2.03. The van der Waals surface area contributed by atoms with Gasteiger partial charge in [0.2, 0.25) is 0 Å². The molecule has 1 aromatic heterocycles.